The molecule has 2 aliphatic rings. The third-order valence-corrected chi connectivity index (χ3v) is 6.45. The molecular weight excluding hydrogens is 346 g/mol. The van der Waals surface area contributed by atoms with E-state index in [1.165, 1.54) is 0 Å². The molecule has 1 aromatic heterocycles. The summed E-state index contributed by atoms with van der Waals surface area (Å²) in [6, 6.07) is 4.13. The highest BCUT2D eigenvalue weighted by Crippen LogP contribution is 2.36. The van der Waals surface area contributed by atoms with Crippen molar-refractivity contribution >= 4 is 23.2 Å². The Labute approximate surface area is 160 Å². The van der Waals surface area contributed by atoms with Gasteiger partial charge in [0, 0.05) is 37.5 Å². The van der Waals surface area contributed by atoms with Gasteiger partial charge in [0.05, 0.1) is 10.9 Å². The highest BCUT2D eigenvalue weighted by molar-refractivity contribution is 7.14. The molecule has 26 heavy (non-hydrogen) atoms. The predicted molar refractivity (Wildman–Crippen MR) is 105 cm³/mol. The molecule has 0 N–H and O–H groups in total. The summed E-state index contributed by atoms with van der Waals surface area (Å²) in [5.74, 6) is 0.323. The van der Waals surface area contributed by atoms with Crippen molar-refractivity contribution < 1.29 is 9.59 Å². The summed E-state index contributed by atoms with van der Waals surface area (Å²) >= 11 is 1.57. The van der Waals surface area contributed by atoms with E-state index >= 15 is 0 Å². The van der Waals surface area contributed by atoms with E-state index in [0.717, 1.165) is 61.7 Å². The van der Waals surface area contributed by atoms with Crippen LogP contribution in [-0.4, -0.2) is 66.3 Å². The minimum absolute atomic E-state index is 0.134. The smallest absolute Gasteiger partial charge is 0.263 e. The number of carbonyl (C=O) groups is 2. The molecule has 6 heteroatoms. The molecule has 0 unspecified atom stereocenters. The van der Waals surface area contributed by atoms with E-state index < -0.39 is 0 Å². The van der Waals surface area contributed by atoms with Crippen LogP contribution in [0.15, 0.2) is 24.3 Å². The van der Waals surface area contributed by atoms with Crippen LogP contribution < -0.4 is 0 Å². The Morgan fingerprint density at radius 3 is 2.81 bits per heavy atom. The van der Waals surface area contributed by atoms with Gasteiger partial charge in [-0.15, -0.1) is 11.3 Å². The van der Waals surface area contributed by atoms with E-state index in [2.05, 4.69) is 11.9 Å². The van der Waals surface area contributed by atoms with Gasteiger partial charge in [-0.2, -0.15) is 0 Å². The minimum atomic E-state index is 0.134. The fraction of sp³-hybridized carbons (Fsp3) is 0.600. The molecule has 2 aliphatic heterocycles. The van der Waals surface area contributed by atoms with Crippen molar-refractivity contribution in [2.75, 3.05) is 39.8 Å². The number of nitrogens with zero attached hydrogens (tertiary/aromatic N) is 3. The molecule has 0 aliphatic carbocycles. The van der Waals surface area contributed by atoms with E-state index in [9.17, 15) is 9.59 Å². The predicted octanol–water partition coefficient (Wildman–Crippen LogP) is 3.16. The quantitative estimate of drug-likeness (QED) is 0.760. The molecule has 1 aromatic rings. The zero-order chi connectivity index (χ0) is 18.5. The van der Waals surface area contributed by atoms with Gasteiger partial charge < -0.3 is 14.7 Å². The number of hydrogen-bond donors (Lipinski definition) is 0. The average Bonchev–Trinajstić information content (AvgIpc) is 3.26. The van der Waals surface area contributed by atoms with Crippen LogP contribution in [0.5, 0.6) is 0 Å². The van der Waals surface area contributed by atoms with Crippen molar-refractivity contribution in [3.63, 3.8) is 0 Å². The standard InChI is InChI=1S/C20H29N3O2S/c1-3-4-8-19(24)23-13-5-7-16(23)17-9-10-18(26-17)20(25)22-12-6-11-21(2)14-15-22/h3-4,9-10,16H,5-8,11-15H2,1-2H3/b4-3+/t16-/m1/s1. The molecule has 0 radical (unpaired) electrons. The molecule has 0 aromatic carbocycles. The van der Waals surface area contributed by atoms with Gasteiger partial charge in [-0.3, -0.25) is 9.59 Å². The number of carbonyl (C=O) groups excluding carboxylic acids is 2. The van der Waals surface area contributed by atoms with Gasteiger partial charge >= 0.3 is 0 Å². The molecular formula is C20H29N3O2S. The van der Waals surface area contributed by atoms with Gasteiger partial charge in [-0.1, -0.05) is 12.2 Å². The molecule has 5 nitrogen and oxygen atoms in total. The van der Waals surface area contributed by atoms with Gasteiger partial charge in [0.15, 0.2) is 0 Å². The molecule has 2 saturated heterocycles. The molecule has 2 fully saturated rings. The normalized spacial score (nSPS) is 22.2. The Morgan fingerprint density at radius 1 is 1.15 bits per heavy atom. The van der Waals surface area contributed by atoms with Crippen molar-refractivity contribution in [3.05, 3.63) is 34.0 Å². The van der Waals surface area contributed by atoms with Crippen LogP contribution in [0.1, 0.15) is 53.2 Å². The largest absolute Gasteiger partial charge is 0.337 e. The lowest BCUT2D eigenvalue weighted by Gasteiger charge is -2.23. The van der Waals surface area contributed by atoms with E-state index in [0.29, 0.717) is 6.42 Å². The SMILES string of the molecule is C/C=C/CC(=O)N1CCC[C@@H]1c1ccc(C(=O)N2CCCN(C)CC2)s1. The Hall–Kier alpha value is -1.66. The van der Waals surface area contributed by atoms with Crippen molar-refractivity contribution in [1.82, 2.24) is 14.7 Å². The number of rotatable bonds is 4. The van der Waals surface area contributed by atoms with E-state index in [-0.39, 0.29) is 17.9 Å². The second-order valence-electron chi connectivity index (χ2n) is 7.17. The summed E-state index contributed by atoms with van der Waals surface area (Å²) in [5, 5.41) is 0. The van der Waals surface area contributed by atoms with Crippen molar-refractivity contribution in [2.24, 2.45) is 0 Å². The Kier molecular flexibility index (Phi) is 6.48. The van der Waals surface area contributed by atoms with Gasteiger partial charge in [-0.05, 0) is 51.9 Å². The number of thiophene rings is 1. The van der Waals surface area contributed by atoms with Gasteiger partial charge in [0.25, 0.3) is 5.91 Å². The Bertz CT molecular complexity index is 670. The number of allylic oxidation sites excluding steroid dienone is 1. The lowest BCUT2D eigenvalue weighted by molar-refractivity contribution is -0.131. The van der Waals surface area contributed by atoms with Crippen LogP contribution in [0, 0.1) is 0 Å². The summed E-state index contributed by atoms with van der Waals surface area (Å²) < 4.78 is 0. The third kappa shape index (κ3) is 4.35. The summed E-state index contributed by atoms with van der Waals surface area (Å²) in [4.78, 5) is 33.5. The molecule has 1 atom stereocenters. The maximum atomic E-state index is 12.9. The van der Waals surface area contributed by atoms with Crippen LogP contribution in [0.2, 0.25) is 0 Å². The van der Waals surface area contributed by atoms with Gasteiger partial charge in [0.2, 0.25) is 5.91 Å². The van der Waals surface area contributed by atoms with Gasteiger partial charge in [0.1, 0.15) is 0 Å². The zero-order valence-corrected chi connectivity index (χ0v) is 16.6. The van der Waals surface area contributed by atoms with E-state index in [1.54, 1.807) is 11.3 Å². The Morgan fingerprint density at radius 2 is 2.00 bits per heavy atom. The number of hydrogen-bond acceptors (Lipinski definition) is 4. The third-order valence-electron chi connectivity index (χ3n) is 5.27. The lowest BCUT2D eigenvalue weighted by Crippen LogP contribution is -2.34. The highest BCUT2D eigenvalue weighted by Gasteiger charge is 2.31. The summed E-state index contributed by atoms with van der Waals surface area (Å²) in [7, 11) is 2.11. The number of likely N-dealkylation sites (tertiary alicyclic amines) is 1. The lowest BCUT2D eigenvalue weighted by atomic mass is 10.2. The second kappa shape index (κ2) is 8.82. The Balaban J connectivity index is 1.68. The minimum Gasteiger partial charge on any atom is -0.337 e. The van der Waals surface area contributed by atoms with E-state index in [4.69, 9.17) is 0 Å². The number of likely N-dealkylation sites (N-methyl/N-ethyl adjacent to an activating group) is 1. The zero-order valence-electron chi connectivity index (χ0n) is 15.8. The molecule has 142 valence electrons. The molecule has 0 spiro atoms. The molecule has 0 bridgehead atoms. The van der Waals surface area contributed by atoms with Crippen LogP contribution in [0.4, 0.5) is 0 Å². The monoisotopic (exact) mass is 375 g/mol. The number of amides is 2. The van der Waals surface area contributed by atoms with Crippen molar-refractivity contribution in [1.29, 1.82) is 0 Å². The first kappa shape index (κ1) is 19.1. The molecule has 3 heterocycles. The first-order valence-electron chi connectivity index (χ1n) is 9.58. The van der Waals surface area contributed by atoms with Crippen LogP contribution >= 0.6 is 11.3 Å². The van der Waals surface area contributed by atoms with Crippen LogP contribution in [0.3, 0.4) is 0 Å². The molecule has 2 amide bonds. The maximum absolute atomic E-state index is 12.9. The highest BCUT2D eigenvalue weighted by atomic mass is 32.1. The summed E-state index contributed by atoms with van der Waals surface area (Å²) in [6.45, 7) is 6.35. The van der Waals surface area contributed by atoms with Crippen LogP contribution in [0.25, 0.3) is 0 Å². The maximum Gasteiger partial charge on any atom is 0.263 e. The van der Waals surface area contributed by atoms with E-state index in [1.807, 2.05) is 41.0 Å². The first-order chi connectivity index (χ1) is 12.6. The summed E-state index contributed by atoms with van der Waals surface area (Å²) in [6.07, 6.45) is 7.35. The molecule has 0 saturated carbocycles. The van der Waals surface area contributed by atoms with Crippen molar-refractivity contribution in [2.45, 2.75) is 38.6 Å². The second-order valence-corrected chi connectivity index (χ2v) is 8.28. The van der Waals surface area contributed by atoms with Gasteiger partial charge in [-0.25, -0.2) is 0 Å². The summed E-state index contributed by atoms with van der Waals surface area (Å²) in [5.41, 5.74) is 0. The topological polar surface area (TPSA) is 43.9 Å². The fourth-order valence-corrected chi connectivity index (χ4v) is 4.87. The van der Waals surface area contributed by atoms with Crippen molar-refractivity contribution in [3.8, 4) is 0 Å². The molecule has 3 rings (SSSR count). The average molecular weight is 376 g/mol. The fourth-order valence-electron chi connectivity index (χ4n) is 3.75. The first-order valence-corrected chi connectivity index (χ1v) is 10.4. The van der Waals surface area contributed by atoms with Crippen LogP contribution in [-0.2, 0) is 4.79 Å².